The van der Waals surface area contributed by atoms with E-state index in [1.807, 2.05) is 19.1 Å². The van der Waals surface area contributed by atoms with Gasteiger partial charge in [0.25, 0.3) is 5.91 Å². The normalized spacial score (nSPS) is 10.3. The lowest BCUT2D eigenvalue weighted by atomic mass is 10.1. The molecule has 0 aliphatic rings. The monoisotopic (exact) mass is 335 g/mol. The first-order valence-corrected chi connectivity index (χ1v) is 7.14. The van der Waals surface area contributed by atoms with Gasteiger partial charge in [-0.25, -0.2) is 4.39 Å². The molecule has 0 bridgehead atoms. The lowest BCUT2D eigenvalue weighted by Crippen LogP contribution is -2.26. The molecule has 20 heavy (non-hydrogen) atoms. The Morgan fingerprint density at radius 3 is 2.70 bits per heavy atom. The molecule has 0 heterocycles. The smallest absolute Gasteiger partial charge is 0.251 e. The molecule has 1 N–H and O–H groups in total. The number of benzene rings is 2. The Balaban J connectivity index is 1.94. The van der Waals surface area contributed by atoms with Crippen molar-refractivity contribution in [2.75, 3.05) is 6.54 Å². The molecule has 0 aliphatic carbocycles. The number of halogens is 2. The van der Waals surface area contributed by atoms with E-state index in [-0.39, 0.29) is 11.7 Å². The Kier molecular flexibility index (Phi) is 4.90. The van der Waals surface area contributed by atoms with Gasteiger partial charge in [0.1, 0.15) is 5.82 Å². The number of carbonyl (C=O) groups excluding carboxylic acids is 1. The Morgan fingerprint density at radius 2 is 2.00 bits per heavy atom. The molecule has 2 aromatic rings. The van der Waals surface area contributed by atoms with Gasteiger partial charge in [-0.3, -0.25) is 4.79 Å². The number of hydrogen-bond donors (Lipinski definition) is 1. The zero-order valence-electron chi connectivity index (χ0n) is 11.1. The Labute approximate surface area is 126 Å². The van der Waals surface area contributed by atoms with Crippen LogP contribution in [0.2, 0.25) is 0 Å². The Bertz CT molecular complexity index is 607. The highest BCUT2D eigenvalue weighted by Gasteiger charge is 2.07. The number of nitrogens with one attached hydrogen (secondary N) is 1. The third kappa shape index (κ3) is 3.90. The summed E-state index contributed by atoms with van der Waals surface area (Å²) in [5.41, 5.74) is 2.22. The standard InChI is InChI=1S/C16H15BrFNO/c1-11-8-13(10-14(17)9-11)16(20)19-7-6-12-4-2-3-5-15(12)18/h2-5,8-10H,6-7H2,1H3,(H,19,20). The van der Waals surface area contributed by atoms with E-state index < -0.39 is 0 Å². The van der Waals surface area contributed by atoms with Crippen molar-refractivity contribution < 1.29 is 9.18 Å². The predicted octanol–water partition coefficient (Wildman–Crippen LogP) is 3.87. The number of rotatable bonds is 4. The summed E-state index contributed by atoms with van der Waals surface area (Å²) in [6.07, 6.45) is 0.478. The minimum absolute atomic E-state index is 0.147. The minimum Gasteiger partial charge on any atom is -0.352 e. The summed E-state index contributed by atoms with van der Waals surface area (Å²) in [5.74, 6) is -0.384. The topological polar surface area (TPSA) is 29.1 Å². The fourth-order valence-electron chi connectivity index (χ4n) is 1.98. The van der Waals surface area contributed by atoms with Gasteiger partial charge in [0.05, 0.1) is 0 Å². The van der Waals surface area contributed by atoms with Crippen molar-refractivity contribution in [1.29, 1.82) is 0 Å². The zero-order valence-corrected chi connectivity index (χ0v) is 12.7. The van der Waals surface area contributed by atoms with Gasteiger partial charge < -0.3 is 5.32 Å². The van der Waals surface area contributed by atoms with E-state index in [0.717, 1.165) is 10.0 Å². The van der Waals surface area contributed by atoms with Crippen LogP contribution >= 0.6 is 15.9 Å². The highest BCUT2D eigenvalue weighted by Crippen LogP contribution is 2.15. The van der Waals surface area contributed by atoms with Gasteiger partial charge in [-0.15, -0.1) is 0 Å². The molecule has 4 heteroatoms. The largest absolute Gasteiger partial charge is 0.352 e. The molecule has 0 aromatic heterocycles. The second kappa shape index (κ2) is 6.66. The van der Waals surface area contributed by atoms with Crippen LogP contribution in [0.3, 0.4) is 0 Å². The number of carbonyl (C=O) groups is 1. The Morgan fingerprint density at radius 1 is 1.25 bits per heavy atom. The first-order valence-electron chi connectivity index (χ1n) is 6.35. The van der Waals surface area contributed by atoms with E-state index in [0.29, 0.717) is 24.1 Å². The van der Waals surface area contributed by atoms with Crippen molar-refractivity contribution in [2.24, 2.45) is 0 Å². The molecule has 0 saturated carbocycles. The maximum absolute atomic E-state index is 13.4. The van der Waals surface area contributed by atoms with E-state index in [4.69, 9.17) is 0 Å². The van der Waals surface area contributed by atoms with Crippen molar-refractivity contribution in [3.8, 4) is 0 Å². The van der Waals surface area contributed by atoms with Crippen molar-refractivity contribution in [3.63, 3.8) is 0 Å². The van der Waals surface area contributed by atoms with Crippen LogP contribution in [0, 0.1) is 12.7 Å². The van der Waals surface area contributed by atoms with Crippen LogP contribution in [0.4, 0.5) is 4.39 Å². The van der Waals surface area contributed by atoms with Gasteiger partial charge >= 0.3 is 0 Å². The first-order chi connectivity index (χ1) is 9.56. The lowest BCUT2D eigenvalue weighted by molar-refractivity contribution is 0.0954. The molecule has 0 fully saturated rings. The van der Waals surface area contributed by atoms with Crippen LogP contribution < -0.4 is 5.32 Å². The summed E-state index contributed by atoms with van der Waals surface area (Å²) in [6.45, 7) is 2.34. The maximum atomic E-state index is 13.4. The molecular weight excluding hydrogens is 321 g/mol. The van der Waals surface area contributed by atoms with E-state index >= 15 is 0 Å². The van der Waals surface area contributed by atoms with Gasteiger partial charge in [-0.1, -0.05) is 34.1 Å². The fourth-order valence-corrected chi connectivity index (χ4v) is 2.59. The van der Waals surface area contributed by atoms with Crippen LogP contribution in [0.1, 0.15) is 21.5 Å². The average Bonchev–Trinajstić information content (AvgIpc) is 2.39. The highest BCUT2D eigenvalue weighted by molar-refractivity contribution is 9.10. The number of hydrogen-bond acceptors (Lipinski definition) is 1. The highest BCUT2D eigenvalue weighted by atomic mass is 79.9. The van der Waals surface area contributed by atoms with Crippen LogP contribution in [0.25, 0.3) is 0 Å². The van der Waals surface area contributed by atoms with Gasteiger partial charge in [0, 0.05) is 16.6 Å². The molecule has 2 rings (SSSR count). The quantitative estimate of drug-likeness (QED) is 0.902. The van der Waals surface area contributed by atoms with Crippen molar-refractivity contribution in [1.82, 2.24) is 5.32 Å². The SMILES string of the molecule is Cc1cc(Br)cc(C(=O)NCCc2ccccc2F)c1. The second-order valence-electron chi connectivity index (χ2n) is 4.61. The molecule has 0 aliphatic heterocycles. The molecule has 1 amide bonds. The predicted molar refractivity (Wildman–Crippen MR) is 81.3 cm³/mol. The van der Waals surface area contributed by atoms with Crippen molar-refractivity contribution in [2.45, 2.75) is 13.3 Å². The molecule has 0 saturated heterocycles. The van der Waals surface area contributed by atoms with E-state index in [9.17, 15) is 9.18 Å². The molecule has 0 atom stereocenters. The van der Waals surface area contributed by atoms with Crippen LogP contribution in [-0.4, -0.2) is 12.5 Å². The van der Waals surface area contributed by atoms with Crippen molar-refractivity contribution in [3.05, 3.63) is 69.4 Å². The van der Waals surface area contributed by atoms with Gasteiger partial charge in [0.15, 0.2) is 0 Å². The molecule has 2 nitrogen and oxygen atoms in total. The first kappa shape index (κ1) is 14.7. The van der Waals surface area contributed by atoms with E-state index in [1.165, 1.54) is 6.07 Å². The summed E-state index contributed by atoms with van der Waals surface area (Å²) >= 11 is 3.37. The summed E-state index contributed by atoms with van der Waals surface area (Å²) in [7, 11) is 0. The summed E-state index contributed by atoms with van der Waals surface area (Å²) in [5, 5.41) is 2.80. The van der Waals surface area contributed by atoms with Crippen molar-refractivity contribution >= 4 is 21.8 Å². The third-order valence-corrected chi connectivity index (χ3v) is 3.40. The third-order valence-electron chi connectivity index (χ3n) is 2.94. The van der Waals surface area contributed by atoms with Gasteiger partial charge in [-0.05, 0) is 48.7 Å². The average molecular weight is 336 g/mol. The molecule has 2 aromatic carbocycles. The van der Waals surface area contributed by atoms with Gasteiger partial charge in [0.2, 0.25) is 0 Å². The summed E-state index contributed by atoms with van der Waals surface area (Å²) in [4.78, 5) is 12.0. The summed E-state index contributed by atoms with van der Waals surface area (Å²) < 4.78 is 14.3. The number of aryl methyl sites for hydroxylation is 1. The fraction of sp³-hybridized carbons (Fsp3) is 0.188. The molecule has 0 unspecified atom stereocenters. The van der Waals surface area contributed by atoms with Crippen LogP contribution in [0.15, 0.2) is 46.9 Å². The maximum Gasteiger partial charge on any atom is 0.251 e. The lowest BCUT2D eigenvalue weighted by Gasteiger charge is -2.07. The molecule has 0 spiro atoms. The Hall–Kier alpha value is -1.68. The second-order valence-corrected chi connectivity index (χ2v) is 5.53. The van der Waals surface area contributed by atoms with E-state index in [1.54, 1.807) is 24.3 Å². The van der Waals surface area contributed by atoms with Crippen LogP contribution in [-0.2, 0) is 6.42 Å². The molecular formula is C16H15BrFNO. The minimum atomic E-state index is -0.236. The molecule has 104 valence electrons. The zero-order chi connectivity index (χ0) is 14.5. The van der Waals surface area contributed by atoms with Gasteiger partial charge in [-0.2, -0.15) is 0 Å². The summed E-state index contributed by atoms with van der Waals surface area (Å²) in [6, 6.07) is 12.1. The van der Waals surface area contributed by atoms with E-state index in [2.05, 4.69) is 21.2 Å². The van der Waals surface area contributed by atoms with Crippen LogP contribution in [0.5, 0.6) is 0 Å². The molecule has 0 radical (unpaired) electrons. The number of amides is 1.